The van der Waals surface area contributed by atoms with Crippen LogP contribution in [0, 0.1) is 0 Å². The average molecular weight is 301 g/mol. The maximum absolute atomic E-state index is 12.1. The molecular formula is C12H23N5O2S. The zero-order chi connectivity index (χ0) is 15.2. The van der Waals surface area contributed by atoms with E-state index in [1.54, 1.807) is 0 Å². The van der Waals surface area contributed by atoms with Gasteiger partial charge in [0.1, 0.15) is 4.90 Å². The Hall–Kier alpha value is -1.25. The molecule has 8 heteroatoms. The summed E-state index contributed by atoms with van der Waals surface area (Å²) in [6.45, 7) is 5.06. The van der Waals surface area contributed by atoms with E-state index in [-0.39, 0.29) is 10.9 Å². The summed E-state index contributed by atoms with van der Waals surface area (Å²) >= 11 is 0. The van der Waals surface area contributed by atoms with E-state index in [1.807, 2.05) is 32.8 Å². The number of nitrogens with zero attached hydrogens (tertiary/aromatic N) is 3. The summed E-state index contributed by atoms with van der Waals surface area (Å²) in [6.07, 6.45) is 3.58. The number of anilines is 1. The van der Waals surface area contributed by atoms with Crippen LogP contribution in [0.5, 0.6) is 0 Å². The zero-order valence-electron chi connectivity index (χ0n) is 12.4. The predicted octanol–water partition coefficient (Wildman–Crippen LogP) is 0.527. The summed E-state index contributed by atoms with van der Waals surface area (Å²) < 4.78 is 26.7. The van der Waals surface area contributed by atoms with Gasteiger partial charge in [-0.05, 0) is 27.4 Å². The molecule has 1 aromatic heterocycles. The summed E-state index contributed by atoms with van der Waals surface area (Å²) in [4.78, 5) is 10.0. The third-order valence-electron chi connectivity index (χ3n) is 2.92. The molecule has 0 aliphatic rings. The van der Waals surface area contributed by atoms with E-state index in [4.69, 9.17) is 0 Å². The van der Waals surface area contributed by atoms with Gasteiger partial charge in [-0.1, -0.05) is 6.92 Å². The van der Waals surface area contributed by atoms with Crippen molar-refractivity contribution in [2.24, 2.45) is 0 Å². The van der Waals surface area contributed by atoms with Gasteiger partial charge in [0.2, 0.25) is 16.0 Å². The lowest BCUT2D eigenvalue weighted by Crippen LogP contribution is -2.38. The topological polar surface area (TPSA) is 87.2 Å². The molecule has 0 saturated heterocycles. The summed E-state index contributed by atoms with van der Waals surface area (Å²) in [5, 5.41) is 2.99. The molecule has 0 aliphatic heterocycles. The number of hydrogen-bond donors (Lipinski definition) is 2. The highest BCUT2D eigenvalue weighted by Crippen LogP contribution is 2.07. The van der Waals surface area contributed by atoms with E-state index < -0.39 is 10.0 Å². The van der Waals surface area contributed by atoms with Crippen molar-refractivity contribution in [3.63, 3.8) is 0 Å². The van der Waals surface area contributed by atoms with Gasteiger partial charge in [-0.2, -0.15) is 0 Å². The highest BCUT2D eigenvalue weighted by Gasteiger charge is 2.16. The van der Waals surface area contributed by atoms with Gasteiger partial charge >= 0.3 is 0 Å². The quantitative estimate of drug-likeness (QED) is 0.728. The Balaban J connectivity index is 2.68. The number of nitrogens with one attached hydrogen (secondary N) is 2. The molecule has 0 spiro atoms. The van der Waals surface area contributed by atoms with Crippen LogP contribution in [0.3, 0.4) is 0 Å². The smallest absolute Gasteiger partial charge is 0.243 e. The number of aromatic nitrogens is 2. The Bertz CT molecular complexity index is 501. The molecule has 1 atom stereocenters. The van der Waals surface area contributed by atoms with Crippen molar-refractivity contribution in [2.45, 2.75) is 31.2 Å². The first-order chi connectivity index (χ1) is 9.36. The molecule has 1 rings (SSSR count). The second-order valence-electron chi connectivity index (χ2n) is 4.83. The molecule has 1 unspecified atom stereocenters. The minimum Gasteiger partial charge on any atom is -0.354 e. The lowest BCUT2D eigenvalue weighted by molar-refractivity contribution is 0.314. The van der Waals surface area contributed by atoms with Crippen LogP contribution >= 0.6 is 0 Å². The van der Waals surface area contributed by atoms with Crippen molar-refractivity contribution in [1.29, 1.82) is 0 Å². The van der Waals surface area contributed by atoms with Crippen LogP contribution in [-0.4, -0.2) is 56.5 Å². The van der Waals surface area contributed by atoms with Gasteiger partial charge in [0.05, 0.1) is 12.4 Å². The Morgan fingerprint density at radius 2 is 1.90 bits per heavy atom. The molecule has 7 nitrogen and oxygen atoms in total. The average Bonchev–Trinajstić information content (AvgIpc) is 2.43. The van der Waals surface area contributed by atoms with Crippen LogP contribution in [0.25, 0.3) is 0 Å². The van der Waals surface area contributed by atoms with Crippen LogP contribution in [0.1, 0.15) is 20.3 Å². The van der Waals surface area contributed by atoms with E-state index in [0.29, 0.717) is 12.5 Å². The summed E-state index contributed by atoms with van der Waals surface area (Å²) in [7, 11) is 0.243. The van der Waals surface area contributed by atoms with Gasteiger partial charge in [-0.15, -0.1) is 0 Å². The third kappa shape index (κ3) is 5.03. The molecule has 2 N–H and O–H groups in total. The van der Waals surface area contributed by atoms with Crippen LogP contribution in [-0.2, 0) is 10.0 Å². The molecule has 0 bridgehead atoms. The molecule has 0 amide bonds. The first-order valence-electron chi connectivity index (χ1n) is 6.58. The Morgan fingerprint density at radius 3 is 2.40 bits per heavy atom. The maximum atomic E-state index is 12.1. The van der Waals surface area contributed by atoms with Crippen LogP contribution in [0.2, 0.25) is 0 Å². The SMILES string of the molecule is CCCNc1ncc(S(=O)(=O)NCC(C)N(C)C)cn1. The van der Waals surface area contributed by atoms with Gasteiger partial charge in [0.25, 0.3) is 0 Å². The molecule has 0 radical (unpaired) electrons. The fourth-order valence-electron chi connectivity index (χ4n) is 1.28. The van der Waals surface area contributed by atoms with Crippen LogP contribution in [0.4, 0.5) is 5.95 Å². The summed E-state index contributed by atoms with van der Waals surface area (Å²) in [5.41, 5.74) is 0. The number of hydrogen-bond acceptors (Lipinski definition) is 6. The predicted molar refractivity (Wildman–Crippen MR) is 79.2 cm³/mol. The van der Waals surface area contributed by atoms with Gasteiger partial charge in [-0.25, -0.2) is 23.1 Å². The number of rotatable bonds is 8. The van der Waals surface area contributed by atoms with Gasteiger partial charge in [0.15, 0.2) is 0 Å². The normalized spacial score (nSPS) is 13.4. The lowest BCUT2D eigenvalue weighted by atomic mass is 10.3. The molecule has 0 aromatic carbocycles. The second kappa shape index (κ2) is 7.51. The van der Waals surface area contributed by atoms with Gasteiger partial charge in [-0.3, -0.25) is 0 Å². The summed E-state index contributed by atoms with van der Waals surface area (Å²) in [6, 6.07) is 0.108. The molecule has 0 aliphatic carbocycles. The fraction of sp³-hybridized carbons (Fsp3) is 0.667. The molecule has 114 valence electrons. The largest absolute Gasteiger partial charge is 0.354 e. The molecule has 1 aromatic rings. The zero-order valence-corrected chi connectivity index (χ0v) is 13.2. The fourth-order valence-corrected chi connectivity index (χ4v) is 2.29. The Kier molecular flexibility index (Phi) is 6.31. The lowest BCUT2D eigenvalue weighted by Gasteiger charge is -2.19. The van der Waals surface area contributed by atoms with E-state index in [1.165, 1.54) is 12.4 Å². The second-order valence-corrected chi connectivity index (χ2v) is 6.60. The van der Waals surface area contributed by atoms with Crippen molar-refractivity contribution in [3.8, 4) is 0 Å². The standard InChI is InChI=1S/C12H23N5O2S/c1-5-6-13-12-14-8-11(9-15-12)20(18,19)16-7-10(2)17(3)4/h8-10,16H,5-7H2,1-4H3,(H,13,14,15). The molecular weight excluding hydrogens is 278 g/mol. The van der Waals surface area contributed by atoms with Gasteiger partial charge < -0.3 is 10.2 Å². The van der Waals surface area contributed by atoms with E-state index in [9.17, 15) is 8.42 Å². The van der Waals surface area contributed by atoms with Crippen LogP contribution in [0.15, 0.2) is 17.3 Å². The van der Waals surface area contributed by atoms with Gasteiger partial charge in [0, 0.05) is 19.1 Å². The first-order valence-corrected chi connectivity index (χ1v) is 8.07. The molecule has 0 saturated carbocycles. The minimum absolute atomic E-state index is 0.0745. The highest BCUT2D eigenvalue weighted by molar-refractivity contribution is 7.89. The Labute approximate surface area is 120 Å². The van der Waals surface area contributed by atoms with Crippen molar-refractivity contribution >= 4 is 16.0 Å². The maximum Gasteiger partial charge on any atom is 0.243 e. The molecule has 0 fully saturated rings. The number of likely N-dealkylation sites (N-methyl/N-ethyl adjacent to an activating group) is 1. The summed E-state index contributed by atoms with van der Waals surface area (Å²) in [5.74, 6) is 0.437. The monoisotopic (exact) mass is 301 g/mol. The molecule has 20 heavy (non-hydrogen) atoms. The van der Waals surface area contributed by atoms with Crippen molar-refractivity contribution in [1.82, 2.24) is 19.6 Å². The van der Waals surface area contributed by atoms with Crippen LogP contribution < -0.4 is 10.0 Å². The minimum atomic E-state index is -3.56. The first kappa shape index (κ1) is 16.8. The van der Waals surface area contributed by atoms with E-state index in [2.05, 4.69) is 20.0 Å². The van der Waals surface area contributed by atoms with E-state index in [0.717, 1.165) is 13.0 Å². The van der Waals surface area contributed by atoms with Crippen molar-refractivity contribution in [3.05, 3.63) is 12.4 Å². The highest BCUT2D eigenvalue weighted by atomic mass is 32.2. The van der Waals surface area contributed by atoms with Crippen molar-refractivity contribution < 1.29 is 8.42 Å². The number of sulfonamides is 1. The third-order valence-corrected chi connectivity index (χ3v) is 4.30. The molecule has 1 heterocycles. The van der Waals surface area contributed by atoms with Crippen molar-refractivity contribution in [2.75, 3.05) is 32.5 Å². The Morgan fingerprint density at radius 1 is 1.30 bits per heavy atom. The van der Waals surface area contributed by atoms with E-state index >= 15 is 0 Å².